The van der Waals surface area contributed by atoms with E-state index in [0.717, 1.165) is 5.57 Å². The zero-order valence-corrected chi connectivity index (χ0v) is 11.4. The third-order valence-electron chi connectivity index (χ3n) is 3.83. The molecule has 5 nitrogen and oxygen atoms in total. The number of carbonyl (C=O) groups excluding carboxylic acids is 3. The Labute approximate surface area is 112 Å². The highest BCUT2D eigenvalue weighted by molar-refractivity contribution is 6.04. The summed E-state index contributed by atoms with van der Waals surface area (Å²) in [7, 11) is 0. The zero-order chi connectivity index (χ0) is 14.2. The minimum absolute atomic E-state index is 0.128. The summed E-state index contributed by atoms with van der Waals surface area (Å²) in [6.07, 6.45) is 4.38. The first-order valence-corrected chi connectivity index (χ1v) is 6.36. The summed E-state index contributed by atoms with van der Waals surface area (Å²) in [6, 6.07) is -0.623. The van der Waals surface area contributed by atoms with Crippen molar-refractivity contribution in [3.63, 3.8) is 0 Å². The van der Waals surface area contributed by atoms with E-state index in [0.29, 0.717) is 12.0 Å². The molecule has 0 aromatic carbocycles. The second-order valence-electron chi connectivity index (χ2n) is 5.57. The van der Waals surface area contributed by atoms with Crippen molar-refractivity contribution in [3.05, 3.63) is 23.3 Å². The molecule has 0 saturated carbocycles. The third kappa shape index (κ3) is 2.59. The molecular formula is C14H18N2O3. The lowest BCUT2D eigenvalue weighted by molar-refractivity contribution is -0.136. The Morgan fingerprint density at radius 1 is 1.42 bits per heavy atom. The Morgan fingerprint density at radius 2 is 2.11 bits per heavy atom. The maximum Gasteiger partial charge on any atom is 0.251 e. The average Bonchev–Trinajstić information content (AvgIpc) is 2.58. The van der Waals surface area contributed by atoms with Gasteiger partial charge in [0.05, 0.1) is 0 Å². The molecule has 1 fully saturated rings. The van der Waals surface area contributed by atoms with E-state index in [2.05, 4.69) is 10.6 Å². The Hall–Kier alpha value is -1.91. The van der Waals surface area contributed by atoms with Gasteiger partial charge in [-0.1, -0.05) is 31.6 Å². The number of rotatable bonds is 2. The summed E-state index contributed by atoms with van der Waals surface area (Å²) in [5.41, 5.74) is 1.46. The van der Waals surface area contributed by atoms with Gasteiger partial charge >= 0.3 is 0 Å². The molecule has 1 atom stereocenters. The molecule has 0 radical (unpaired) electrons. The summed E-state index contributed by atoms with van der Waals surface area (Å²) < 4.78 is 0. The molecule has 1 aliphatic carbocycles. The van der Waals surface area contributed by atoms with E-state index in [4.69, 9.17) is 0 Å². The number of hydrogen-bond donors (Lipinski definition) is 2. The van der Waals surface area contributed by atoms with Gasteiger partial charge in [-0.2, -0.15) is 0 Å². The average molecular weight is 262 g/mol. The van der Waals surface area contributed by atoms with Crippen LogP contribution in [0, 0.1) is 5.41 Å². The first kappa shape index (κ1) is 13.5. The van der Waals surface area contributed by atoms with Crippen molar-refractivity contribution in [2.45, 2.75) is 39.7 Å². The molecule has 5 heteroatoms. The number of amides is 3. The molecule has 1 saturated heterocycles. The van der Waals surface area contributed by atoms with Gasteiger partial charge in [0.2, 0.25) is 11.8 Å². The third-order valence-corrected chi connectivity index (χ3v) is 3.83. The molecule has 102 valence electrons. The van der Waals surface area contributed by atoms with Crippen LogP contribution >= 0.6 is 0 Å². The lowest BCUT2D eigenvalue weighted by Crippen LogP contribution is -2.52. The topological polar surface area (TPSA) is 75.3 Å². The van der Waals surface area contributed by atoms with Crippen molar-refractivity contribution in [2.75, 3.05) is 0 Å². The molecule has 0 aromatic rings. The van der Waals surface area contributed by atoms with Crippen molar-refractivity contribution >= 4 is 17.7 Å². The van der Waals surface area contributed by atoms with Crippen molar-refractivity contribution in [2.24, 2.45) is 5.41 Å². The summed E-state index contributed by atoms with van der Waals surface area (Å²) in [5.74, 6) is -0.967. The second kappa shape index (κ2) is 4.64. The summed E-state index contributed by atoms with van der Waals surface area (Å²) in [5, 5.41) is 4.91. The standard InChI is InChI=1S/C14H18N2O3/c1-8-9(6-7-14(8,2)3)12(18)15-10-4-5-11(17)16-13(10)19/h6-7,10H,4-5H2,1-3H3,(H,15,18)(H,16,17,19). The fourth-order valence-corrected chi connectivity index (χ4v) is 2.20. The fourth-order valence-electron chi connectivity index (χ4n) is 2.20. The molecule has 19 heavy (non-hydrogen) atoms. The van der Waals surface area contributed by atoms with Crippen LogP contribution in [0.1, 0.15) is 33.6 Å². The number of piperidine rings is 1. The monoisotopic (exact) mass is 262 g/mol. The predicted molar refractivity (Wildman–Crippen MR) is 69.9 cm³/mol. The Morgan fingerprint density at radius 3 is 2.63 bits per heavy atom. The minimum atomic E-state index is -0.623. The van der Waals surface area contributed by atoms with E-state index < -0.39 is 11.9 Å². The maximum absolute atomic E-state index is 12.2. The molecule has 3 amide bonds. The smallest absolute Gasteiger partial charge is 0.251 e. The van der Waals surface area contributed by atoms with Gasteiger partial charge in [-0.15, -0.1) is 0 Å². The van der Waals surface area contributed by atoms with Gasteiger partial charge < -0.3 is 5.32 Å². The largest absolute Gasteiger partial charge is 0.340 e. The van der Waals surface area contributed by atoms with E-state index in [1.54, 1.807) is 6.08 Å². The van der Waals surface area contributed by atoms with E-state index in [9.17, 15) is 14.4 Å². The maximum atomic E-state index is 12.2. The fraction of sp³-hybridized carbons (Fsp3) is 0.500. The predicted octanol–water partition coefficient (Wildman–Crippen LogP) is 0.820. The Kier molecular flexibility index (Phi) is 3.30. The highest BCUT2D eigenvalue weighted by Gasteiger charge is 2.31. The van der Waals surface area contributed by atoms with Gasteiger partial charge in [0, 0.05) is 17.4 Å². The van der Waals surface area contributed by atoms with Gasteiger partial charge in [0.15, 0.2) is 0 Å². The number of nitrogens with one attached hydrogen (secondary N) is 2. The van der Waals surface area contributed by atoms with E-state index in [1.807, 2.05) is 26.8 Å². The number of hydrogen-bond acceptors (Lipinski definition) is 3. The minimum Gasteiger partial charge on any atom is -0.340 e. The van der Waals surface area contributed by atoms with Crippen LogP contribution in [-0.4, -0.2) is 23.8 Å². The van der Waals surface area contributed by atoms with Crippen molar-refractivity contribution < 1.29 is 14.4 Å². The molecule has 2 N–H and O–H groups in total. The van der Waals surface area contributed by atoms with Crippen molar-refractivity contribution in [1.29, 1.82) is 0 Å². The quantitative estimate of drug-likeness (QED) is 0.723. The van der Waals surface area contributed by atoms with Gasteiger partial charge in [-0.3, -0.25) is 19.7 Å². The van der Waals surface area contributed by atoms with Crippen molar-refractivity contribution in [3.8, 4) is 0 Å². The molecule has 0 spiro atoms. The van der Waals surface area contributed by atoms with Crippen LogP contribution in [0.2, 0.25) is 0 Å². The van der Waals surface area contributed by atoms with Crippen LogP contribution < -0.4 is 10.6 Å². The van der Waals surface area contributed by atoms with Gasteiger partial charge in [-0.05, 0) is 13.3 Å². The first-order valence-electron chi connectivity index (χ1n) is 6.36. The van der Waals surface area contributed by atoms with Crippen LogP contribution in [0.5, 0.6) is 0 Å². The molecule has 1 unspecified atom stereocenters. The van der Waals surface area contributed by atoms with Crippen LogP contribution in [0.25, 0.3) is 0 Å². The lowest BCUT2D eigenvalue weighted by atomic mass is 9.87. The molecule has 2 aliphatic rings. The van der Waals surface area contributed by atoms with E-state index in [1.165, 1.54) is 0 Å². The van der Waals surface area contributed by atoms with Crippen LogP contribution in [0.4, 0.5) is 0 Å². The Balaban J connectivity index is 2.07. The normalized spacial score (nSPS) is 25.5. The van der Waals surface area contributed by atoms with Gasteiger partial charge in [0.1, 0.15) is 6.04 Å². The number of carbonyl (C=O) groups is 3. The van der Waals surface area contributed by atoms with Gasteiger partial charge in [0.25, 0.3) is 5.91 Å². The Bertz CT molecular complexity index is 515. The first-order chi connectivity index (χ1) is 8.81. The number of allylic oxidation sites excluding steroid dienone is 2. The summed E-state index contributed by atoms with van der Waals surface area (Å²) in [6.45, 7) is 5.98. The zero-order valence-electron chi connectivity index (χ0n) is 11.4. The molecule has 0 aromatic heterocycles. The molecular weight excluding hydrogens is 244 g/mol. The highest BCUT2D eigenvalue weighted by Crippen LogP contribution is 2.36. The molecule has 0 bridgehead atoms. The van der Waals surface area contributed by atoms with Crippen molar-refractivity contribution in [1.82, 2.24) is 10.6 Å². The van der Waals surface area contributed by atoms with Crippen LogP contribution in [-0.2, 0) is 14.4 Å². The molecule has 2 rings (SSSR count). The SMILES string of the molecule is CC1=C(C(=O)NC2CCC(=O)NC2=O)C=CC1(C)C. The van der Waals surface area contributed by atoms with Crippen LogP contribution in [0.3, 0.4) is 0 Å². The molecule has 1 aliphatic heterocycles. The number of imide groups is 1. The lowest BCUT2D eigenvalue weighted by Gasteiger charge is -2.23. The summed E-state index contributed by atoms with van der Waals surface area (Å²) in [4.78, 5) is 34.8. The van der Waals surface area contributed by atoms with Gasteiger partial charge in [-0.25, -0.2) is 0 Å². The molecule has 1 heterocycles. The second-order valence-corrected chi connectivity index (χ2v) is 5.57. The van der Waals surface area contributed by atoms with E-state index >= 15 is 0 Å². The summed E-state index contributed by atoms with van der Waals surface area (Å²) >= 11 is 0. The highest BCUT2D eigenvalue weighted by atomic mass is 16.2. The van der Waals surface area contributed by atoms with E-state index in [-0.39, 0.29) is 23.7 Å². The van der Waals surface area contributed by atoms with Crippen LogP contribution in [0.15, 0.2) is 23.3 Å².